The molecule has 162 valence electrons. The molecule has 0 bridgehead atoms. The normalized spacial score (nSPS) is 10.7. The lowest BCUT2D eigenvalue weighted by Crippen LogP contribution is -2.15. The minimum atomic E-state index is -0.610. The molecular formula is C22H20Cl2N2O5. The van der Waals surface area contributed by atoms with Gasteiger partial charge in [-0.2, -0.15) is 5.26 Å². The lowest BCUT2D eigenvalue weighted by Gasteiger charge is -2.12. The van der Waals surface area contributed by atoms with Gasteiger partial charge in [-0.05, 0) is 55.8 Å². The second kappa shape index (κ2) is 11.8. The molecule has 0 aliphatic carbocycles. The van der Waals surface area contributed by atoms with Gasteiger partial charge >= 0.3 is 5.97 Å². The number of ether oxygens (including phenoxy) is 3. The van der Waals surface area contributed by atoms with Gasteiger partial charge in [0.2, 0.25) is 0 Å². The summed E-state index contributed by atoms with van der Waals surface area (Å²) in [7, 11) is 0. The number of benzene rings is 2. The quantitative estimate of drug-likeness (QED) is 0.324. The lowest BCUT2D eigenvalue weighted by molar-refractivity contribution is -0.145. The van der Waals surface area contributed by atoms with E-state index >= 15 is 0 Å². The standard InChI is InChI=1S/C22H20Cl2N2O5/c1-3-29-20-10-14(5-8-19(20)31-13-21(27)30-4-2)9-15(12-25)22(28)26-16-6-7-17(23)18(24)11-16/h5-11H,3-4,13H2,1-2H3,(H,26,28)/b15-9+. The molecule has 1 amide bonds. The van der Waals surface area contributed by atoms with Gasteiger partial charge < -0.3 is 19.5 Å². The van der Waals surface area contributed by atoms with Crippen molar-refractivity contribution in [2.24, 2.45) is 0 Å². The molecule has 0 heterocycles. The van der Waals surface area contributed by atoms with Gasteiger partial charge in [-0.1, -0.05) is 29.3 Å². The van der Waals surface area contributed by atoms with Gasteiger partial charge in [-0.15, -0.1) is 0 Å². The van der Waals surface area contributed by atoms with E-state index in [1.54, 1.807) is 44.2 Å². The maximum atomic E-state index is 12.5. The van der Waals surface area contributed by atoms with E-state index in [0.717, 1.165) is 0 Å². The van der Waals surface area contributed by atoms with Crippen LogP contribution in [0.2, 0.25) is 10.0 Å². The van der Waals surface area contributed by atoms with Gasteiger partial charge in [0.1, 0.15) is 11.6 Å². The number of rotatable bonds is 9. The molecule has 0 aromatic heterocycles. The lowest BCUT2D eigenvalue weighted by atomic mass is 10.1. The van der Waals surface area contributed by atoms with Crippen molar-refractivity contribution < 1.29 is 23.8 Å². The number of nitrogens with zero attached hydrogens (tertiary/aromatic N) is 1. The van der Waals surface area contributed by atoms with E-state index in [-0.39, 0.29) is 23.8 Å². The molecule has 0 fully saturated rings. The molecule has 9 heteroatoms. The molecule has 1 N–H and O–H groups in total. The number of carbonyl (C=O) groups is 2. The summed E-state index contributed by atoms with van der Waals surface area (Å²) in [6.07, 6.45) is 1.41. The zero-order valence-electron chi connectivity index (χ0n) is 16.9. The van der Waals surface area contributed by atoms with Crippen molar-refractivity contribution in [3.8, 4) is 17.6 Å². The fourth-order valence-electron chi connectivity index (χ4n) is 2.43. The second-order valence-electron chi connectivity index (χ2n) is 5.99. The zero-order chi connectivity index (χ0) is 22.8. The van der Waals surface area contributed by atoms with E-state index in [4.69, 9.17) is 37.4 Å². The largest absolute Gasteiger partial charge is 0.490 e. The summed E-state index contributed by atoms with van der Waals surface area (Å²) >= 11 is 11.8. The summed E-state index contributed by atoms with van der Waals surface area (Å²) in [6, 6.07) is 11.3. The Morgan fingerprint density at radius 3 is 2.45 bits per heavy atom. The zero-order valence-corrected chi connectivity index (χ0v) is 18.4. The highest BCUT2D eigenvalue weighted by molar-refractivity contribution is 6.42. The van der Waals surface area contributed by atoms with Crippen LogP contribution in [0.25, 0.3) is 6.08 Å². The number of nitrogens with one attached hydrogen (secondary N) is 1. The number of anilines is 1. The van der Waals surface area contributed by atoms with Gasteiger partial charge in [0.05, 0.1) is 23.3 Å². The Bertz CT molecular complexity index is 1030. The minimum Gasteiger partial charge on any atom is -0.490 e. The average Bonchev–Trinajstić information content (AvgIpc) is 2.74. The Kier molecular flexibility index (Phi) is 9.19. The second-order valence-corrected chi connectivity index (χ2v) is 6.80. The van der Waals surface area contributed by atoms with Gasteiger partial charge in [0.15, 0.2) is 18.1 Å². The molecule has 2 rings (SSSR count). The average molecular weight is 463 g/mol. The third kappa shape index (κ3) is 7.21. The summed E-state index contributed by atoms with van der Waals surface area (Å²) in [5.74, 6) is -0.408. The van der Waals surface area contributed by atoms with Crippen LogP contribution in [0, 0.1) is 11.3 Å². The highest BCUT2D eigenvalue weighted by Crippen LogP contribution is 2.30. The molecule has 0 aliphatic heterocycles. The molecule has 0 aliphatic rings. The molecule has 2 aromatic carbocycles. The van der Waals surface area contributed by atoms with E-state index in [1.807, 2.05) is 6.07 Å². The van der Waals surface area contributed by atoms with Crippen LogP contribution in [0.5, 0.6) is 11.5 Å². The predicted molar refractivity (Wildman–Crippen MR) is 118 cm³/mol. The Labute approximate surface area is 190 Å². The smallest absolute Gasteiger partial charge is 0.344 e. The van der Waals surface area contributed by atoms with Crippen LogP contribution in [0.1, 0.15) is 19.4 Å². The highest BCUT2D eigenvalue weighted by Gasteiger charge is 2.13. The van der Waals surface area contributed by atoms with Crippen molar-refractivity contribution in [3.63, 3.8) is 0 Å². The van der Waals surface area contributed by atoms with Crippen LogP contribution in [0.3, 0.4) is 0 Å². The van der Waals surface area contributed by atoms with Crippen LogP contribution in [-0.4, -0.2) is 31.7 Å². The van der Waals surface area contributed by atoms with Crippen LogP contribution >= 0.6 is 23.2 Å². The first kappa shape index (κ1) is 24.1. The maximum Gasteiger partial charge on any atom is 0.344 e. The van der Waals surface area contributed by atoms with Crippen molar-refractivity contribution in [1.82, 2.24) is 0 Å². The number of hydrogen-bond donors (Lipinski definition) is 1. The van der Waals surface area contributed by atoms with Gasteiger partial charge in [0.25, 0.3) is 5.91 Å². The van der Waals surface area contributed by atoms with Crippen molar-refractivity contribution in [1.29, 1.82) is 5.26 Å². The Balaban J connectivity index is 2.21. The third-order valence-electron chi connectivity index (χ3n) is 3.77. The number of esters is 1. The van der Waals surface area contributed by atoms with Gasteiger partial charge in [-0.25, -0.2) is 4.79 Å². The third-order valence-corrected chi connectivity index (χ3v) is 4.51. The summed E-state index contributed by atoms with van der Waals surface area (Å²) in [4.78, 5) is 24.0. The number of carbonyl (C=O) groups excluding carboxylic acids is 2. The summed E-state index contributed by atoms with van der Waals surface area (Å²) in [6.45, 7) is 3.84. The molecule has 0 radical (unpaired) electrons. The number of halogens is 2. The summed E-state index contributed by atoms with van der Waals surface area (Å²) < 4.78 is 15.8. The molecule has 0 saturated heterocycles. The molecular weight excluding hydrogens is 443 g/mol. The molecule has 7 nitrogen and oxygen atoms in total. The first-order chi connectivity index (χ1) is 14.9. The van der Waals surface area contributed by atoms with E-state index in [2.05, 4.69) is 5.32 Å². The molecule has 0 unspecified atom stereocenters. The Morgan fingerprint density at radius 2 is 1.81 bits per heavy atom. The molecule has 0 saturated carbocycles. The van der Waals surface area contributed by atoms with Gasteiger partial charge in [-0.3, -0.25) is 4.79 Å². The van der Waals surface area contributed by atoms with Crippen LogP contribution in [0.4, 0.5) is 5.69 Å². The number of hydrogen-bond acceptors (Lipinski definition) is 6. The van der Waals surface area contributed by atoms with E-state index in [0.29, 0.717) is 34.4 Å². The van der Waals surface area contributed by atoms with Gasteiger partial charge in [0, 0.05) is 5.69 Å². The first-order valence-corrected chi connectivity index (χ1v) is 10.1. The van der Waals surface area contributed by atoms with Crippen molar-refractivity contribution in [3.05, 3.63) is 57.6 Å². The molecule has 2 aromatic rings. The Morgan fingerprint density at radius 1 is 1.03 bits per heavy atom. The number of nitriles is 1. The van der Waals surface area contributed by atoms with Crippen LogP contribution in [-0.2, 0) is 14.3 Å². The van der Waals surface area contributed by atoms with Crippen molar-refractivity contribution in [2.45, 2.75) is 13.8 Å². The predicted octanol–water partition coefficient (Wildman–Crippen LogP) is 4.88. The van der Waals surface area contributed by atoms with Crippen molar-refractivity contribution in [2.75, 3.05) is 25.1 Å². The summed E-state index contributed by atoms with van der Waals surface area (Å²) in [5, 5.41) is 12.7. The molecule has 0 spiro atoms. The highest BCUT2D eigenvalue weighted by atomic mass is 35.5. The fourth-order valence-corrected chi connectivity index (χ4v) is 2.73. The van der Waals surface area contributed by atoms with Crippen LogP contribution < -0.4 is 14.8 Å². The minimum absolute atomic E-state index is 0.131. The SMILES string of the molecule is CCOC(=O)COc1ccc(/C=C(\C#N)C(=O)Nc2ccc(Cl)c(Cl)c2)cc1OCC. The van der Waals surface area contributed by atoms with E-state index < -0.39 is 11.9 Å². The topological polar surface area (TPSA) is 97.7 Å². The van der Waals surface area contributed by atoms with Crippen molar-refractivity contribution >= 4 is 46.8 Å². The maximum absolute atomic E-state index is 12.5. The molecule has 0 atom stereocenters. The van der Waals surface area contributed by atoms with E-state index in [9.17, 15) is 14.9 Å². The number of amides is 1. The molecule has 31 heavy (non-hydrogen) atoms. The fraction of sp³-hybridized carbons (Fsp3) is 0.227. The Hall–Kier alpha value is -3.21. The van der Waals surface area contributed by atoms with E-state index in [1.165, 1.54) is 12.1 Å². The van der Waals surface area contributed by atoms with Crippen LogP contribution in [0.15, 0.2) is 42.0 Å². The monoisotopic (exact) mass is 462 g/mol. The summed E-state index contributed by atoms with van der Waals surface area (Å²) in [5.41, 5.74) is 0.805. The first-order valence-electron chi connectivity index (χ1n) is 9.31.